The van der Waals surface area contributed by atoms with Crippen molar-refractivity contribution in [2.45, 2.75) is 45.0 Å². The van der Waals surface area contributed by atoms with Gasteiger partial charge in [-0.1, -0.05) is 20.3 Å². The number of hydrogen-bond acceptors (Lipinski definition) is 2. The van der Waals surface area contributed by atoms with Gasteiger partial charge < -0.3 is 4.74 Å². The van der Waals surface area contributed by atoms with Crippen molar-refractivity contribution in [1.82, 2.24) is 0 Å². The molecule has 72 valence electrons. The van der Waals surface area contributed by atoms with Crippen molar-refractivity contribution < 1.29 is 4.74 Å². The minimum Gasteiger partial charge on any atom is -0.364 e. The molecule has 0 N–H and O–H groups in total. The quantitative estimate of drug-likeness (QED) is 0.669. The van der Waals surface area contributed by atoms with Gasteiger partial charge >= 0.3 is 0 Å². The lowest BCUT2D eigenvalue weighted by Gasteiger charge is -2.22. The number of thioether (sulfide) groups is 1. The topological polar surface area (TPSA) is 9.23 Å². The van der Waals surface area contributed by atoms with Crippen LogP contribution in [0.3, 0.4) is 0 Å². The van der Waals surface area contributed by atoms with E-state index in [1.807, 2.05) is 11.8 Å². The molecule has 0 radical (unpaired) electrons. The first-order chi connectivity index (χ1) is 5.62. The monoisotopic (exact) mass is 188 g/mol. The van der Waals surface area contributed by atoms with E-state index in [0.717, 1.165) is 12.5 Å². The van der Waals surface area contributed by atoms with Crippen LogP contribution in [0.2, 0.25) is 0 Å². The van der Waals surface area contributed by atoms with E-state index in [4.69, 9.17) is 4.74 Å². The molecular weight excluding hydrogens is 168 g/mol. The van der Waals surface area contributed by atoms with Gasteiger partial charge in [0.25, 0.3) is 0 Å². The Kier molecular flexibility index (Phi) is 3.91. The fourth-order valence-corrected chi connectivity index (χ4v) is 2.59. The maximum absolute atomic E-state index is 5.69. The molecule has 12 heavy (non-hydrogen) atoms. The average molecular weight is 188 g/mol. The van der Waals surface area contributed by atoms with Crippen molar-refractivity contribution >= 4 is 11.8 Å². The first kappa shape index (κ1) is 10.4. The van der Waals surface area contributed by atoms with Crippen LogP contribution in [0.15, 0.2) is 0 Å². The predicted molar refractivity (Wildman–Crippen MR) is 55.5 cm³/mol. The molecule has 1 rings (SSSR count). The van der Waals surface area contributed by atoms with Crippen molar-refractivity contribution in [2.24, 2.45) is 5.92 Å². The van der Waals surface area contributed by atoms with Gasteiger partial charge in [0.15, 0.2) is 0 Å². The zero-order valence-electron chi connectivity index (χ0n) is 8.43. The molecule has 0 saturated carbocycles. The molecule has 0 amide bonds. The summed E-state index contributed by atoms with van der Waals surface area (Å²) in [4.78, 5) is 0.148. The van der Waals surface area contributed by atoms with Crippen LogP contribution < -0.4 is 0 Å². The lowest BCUT2D eigenvalue weighted by molar-refractivity contribution is 0.0569. The summed E-state index contributed by atoms with van der Waals surface area (Å²) in [5.41, 5.74) is 0. The Bertz CT molecular complexity index is 128. The molecule has 2 heteroatoms. The number of hydrogen-bond donors (Lipinski definition) is 0. The fourth-order valence-electron chi connectivity index (χ4n) is 1.53. The molecule has 0 aromatic carbocycles. The van der Waals surface area contributed by atoms with Gasteiger partial charge in [-0.25, -0.2) is 0 Å². The largest absolute Gasteiger partial charge is 0.364 e. The molecule has 1 aliphatic heterocycles. The summed E-state index contributed by atoms with van der Waals surface area (Å²) in [5.74, 6) is 2.01. The van der Waals surface area contributed by atoms with Crippen LogP contribution in [-0.4, -0.2) is 17.3 Å². The molecule has 0 aromatic heterocycles. The molecule has 0 spiro atoms. The Labute approximate surface area is 80.3 Å². The van der Waals surface area contributed by atoms with Gasteiger partial charge in [-0.3, -0.25) is 0 Å². The fraction of sp³-hybridized carbons (Fsp3) is 1.00. The molecule has 1 atom stereocenters. The van der Waals surface area contributed by atoms with Crippen molar-refractivity contribution in [3.05, 3.63) is 0 Å². The van der Waals surface area contributed by atoms with Crippen LogP contribution in [-0.2, 0) is 4.74 Å². The Hall–Kier alpha value is 0.310. The third kappa shape index (κ3) is 3.36. The Morgan fingerprint density at radius 1 is 1.50 bits per heavy atom. The number of rotatable bonds is 4. The van der Waals surface area contributed by atoms with E-state index < -0.39 is 0 Å². The highest BCUT2D eigenvalue weighted by atomic mass is 32.2. The van der Waals surface area contributed by atoms with E-state index in [1.54, 1.807) is 0 Å². The number of ether oxygens (including phenoxy) is 1. The van der Waals surface area contributed by atoms with Crippen molar-refractivity contribution in [1.29, 1.82) is 0 Å². The highest BCUT2D eigenvalue weighted by Gasteiger charge is 2.29. The van der Waals surface area contributed by atoms with Gasteiger partial charge in [0.2, 0.25) is 0 Å². The van der Waals surface area contributed by atoms with Crippen molar-refractivity contribution in [2.75, 3.05) is 12.4 Å². The van der Waals surface area contributed by atoms with E-state index in [-0.39, 0.29) is 4.93 Å². The van der Waals surface area contributed by atoms with Gasteiger partial charge in [-0.05, 0) is 25.7 Å². The highest BCUT2D eigenvalue weighted by molar-refractivity contribution is 8.00. The molecule has 0 aromatic rings. The van der Waals surface area contributed by atoms with Crippen molar-refractivity contribution in [3.8, 4) is 0 Å². The van der Waals surface area contributed by atoms with Gasteiger partial charge in [0.1, 0.15) is 4.93 Å². The molecule has 1 heterocycles. The Balaban J connectivity index is 2.13. The molecule has 1 unspecified atom stereocenters. The summed E-state index contributed by atoms with van der Waals surface area (Å²) in [6.07, 6.45) is 3.86. The van der Waals surface area contributed by atoms with Crippen LogP contribution in [0.1, 0.15) is 40.0 Å². The molecule has 1 aliphatic rings. The second-order valence-electron chi connectivity index (χ2n) is 4.12. The normalized spacial score (nSPS) is 30.0. The van der Waals surface area contributed by atoms with E-state index >= 15 is 0 Å². The molecule has 1 fully saturated rings. The molecular formula is C10H20OS. The average Bonchev–Trinajstić information content (AvgIpc) is 2.35. The SMILES string of the molecule is CC(C)CCCC1(C)OCCS1. The van der Waals surface area contributed by atoms with E-state index in [9.17, 15) is 0 Å². The summed E-state index contributed by atoms with van der Waals surface area (Å²) >= 11 is 1.97. The van der Waals surface area contributed by atoms with Crippen LogP contribution >= 0.6 is 11.8 Å². The van der Waals surface area contributed by atoms with Crippen molar-refractivity contribution in [3.63, 3.8) is 0 Å². The zero-order chi connectivity index (χ0) is 9.03. The molecule has 1 saturated heterocycles. The van der Waals surface area contributed by atoms with E-state index in [2.05, 4.69) is 20.8 Å². The van der Waals surface area contributed by atoms with Gasteiger partial charge in [0, 0.05) is 5.75 Å². The minimum atomic E-state index is 0.148. The van der Waals surface area contributed by atoms with E-state index in [0.29, 0.717) is 0 Å². The van der Waals surface area contributed by atoms with Gasteiger partial charge in [-0.15, -0.1) is 11.8 Å². The molecule has 0 aliphatic carbocycles. The van der Waals surface area contributed by atoms with E-state index in [1.165, 1.54) is 25.0 Å². The summed E-state index contributed by atoms with van der Waals surface area (Å²) in [6, 6.07) is 0. The summed E-state index contributed by atoms with van der Waals surface area (Å²) < 4.78 is 5.69. The summed E-state index contributed by atoms with van der Waals surface area (Å²) in [7, 11) is 0. The van der Waals surface area contributed by atoms with Crippen LogP contribution in [0, 0.1) is 5.92 Å². The summed E-state index contributed by atoms with van der Waals surface area (Å²) in [6.45, 7) is 7.74. The Morgan fingerprint density at radius 3 is 2.75 bits per heavy atom. The van der Waals surface area contributed by atoms with Gasteiger partial charge in [0.05, 0.1) is 6.61 Å². The first-order valence-corrected chi connectivity index (χ1v) is 5.89. The zero-order valence-corrected chi connectivity index (χ0v) is 9.25. The molecule has 1 nitrogen and oxygen atoms in total. The van der Waals surface area contributed by atoms with Crippen LogP contribution in [0.4, 0.5) is 0 Å². The lowest BCUT2D eigenvalue weighted by Crippen LogP contribution is -2.18. The maximum Gasteiger partial charge on any atom is 0.111 e. The highest BCUT2D eigenvalue weighted by Crippen LogP contribution is 2.36. The Morgan fingerprint density at radius 2 is 2.25 bits per heavy atom. The van der Waals surface area contributed by atoms with Crippen LogP contribution in [0.5, 0.6) is 0 Å². The maximum atomic E-state index is 5.69. The standard InChI is InChI=1S/C10H20OS/c1-9(2)5-4-6-10(3)11-7-8-12-10/h9H,4-8H2,1-3H3. The summed E-state index contributed by atoms with van der Waals surface area (Å²) in [5, 5.41) is 0. The second-order valence-corrected chi connectivity index (χ2v) is 5.68. The minimum absolute atomic E-state index is 0.148. The second kappa shape index (κ2) is 4.52. The smallest absolute Gasteiger partial charge is 0.111 e. The van der Waals surface area contributed by atoms with Crippen LogP contribution in [0.25, 0.3) is 0 Å². The van der Waals surface area contributed by atoms with Gasteiger partial charge in [-0.2, -0.15) is 0 Å². The predicted octanol–water partition coefficient (Wildman–Crippen LogP) is 3.29. The third-order valence-corrected chi connectivity index (χ3v) is 3.61. The lowest BCUT2D eigenvalue weighted by atomic mass is 10.0. The molecule has 0 bridgehead atoms. The first-order valence-electron chi connectivity index (χ1n) is 4.90. The third-order valence-electron chi connectivity index (χ3n) is 2.31.